The summed E-state index contributed by atoms with van der Waals surface area (Å²) < 4.78 is 11.4. The van der Waals surface area contributed by atoms with Crippen LogP contribution in [0.5, 0.6) is 0 Å². The molecule has 0 spiro atoms. The Morgan fingerprint density at radius 1 is 0.553 bits per heavy atom. The molecule has 2 aliphatic carbocycles. The van der Waals surface area contributed by atoms with Crippen LogP contribution in [0.3, 0.4) is 0 Å². The van der Waals surface area contributed by atoms with Gasteiger partial charge in [0.25, 0.3) is 0 Å². The van der Waals surface area contributed by atoms with E-state index in [0.29, 0.717) is 13.2 Å². The van der Waals surface area contributed by atoms with Crippen molar-refractivity contribution in [3.8, 4) is 22.3 Å². The van der Waals surface area contributed by atoms with E-state index in [-0.39, 0.29) is 42.5 Å². The van der Waals surface area contributed by atoms with Crippen LogP contribution >= 0.6 is 0 Å². The highest BCUT2D eigenvalue weighted by atomic mass is 16.5. The molecule has 4 nitrogen and oxygen atoms in total. The second-order valence-electron chi connectivity index (χ2n) is 10.3. The number of hydrogen-bond acceptors (Lipinski definition) is 4. The van der Waals surface area contributed by atoms with Crippen molar-refractivity contribution in [1.29, 1.82) is 0 Å². The number of carbonyl (C=O) groups is 2. The van der Waals surface area contributed by atoms with E-state index in [2.05, 4.69) is 48.5 Å². The van der Waals surface area contributed by atoms with Crippen LogP contribution in [0.4, 0.5) is 0 Å². The highest BCUT2D eigenvalue weighted by Crippen LogP contribution is 2.45. The summed E-state index contributed by atoms with van der Waals surface area (Å²) in [6.07, 6.45) is 0.362. The molecule has 0 radical (unpaired) electrons. The highest BCUT2D eigenvalue weighted by molar-refractivity contribution is 5.80. The number of rotatable bonds is 8. The molecular formula is C34H30O4. The van der Waals surface area contributed by atoms with Gasteiger partial charge in [-0.05, 0) is 50.4 Å². The number of hydrogen-bond donors (Lipinski definition) is 0. The molecule has 38 heavy (non-hydrogen) atoms. The largest absolute Gasteiger partial charge is 0.465 e. The van der Waals surface area contributed by atoms with Crippen LogP contribution < -0.4 is 0 Å². The van der Waals surface area contributed by atoms with Gasteiger partial charge in [-0.25, -0.2) is 0 Å². The fourth-order valence-corrected chi connectivity index (χ4v) is 5.99. The molecule has 0 saturated carbocycles. The first-order chi connectivity index (χ1) is 18.6. The Morgan fingerprint density at radius 3 is 1.16 bits per heavy atom. The topological polar surface area (TPSA) is 52.6 Å². The minimum Gasteiger partial charge on any atom is -0.465 e. The lowest BCUT2D eigenvalue weighted by molar-refractivity contribution is -0.147. The molecule has 0 aliphatic heterocycles. The first-order valence-corrected chi connectivity index (χ1v) is 13.3. The van der Waals surface area contributed by atoms with Crippen LogP contribution in [-0.4, -0.2) is 25.2 Å². The smallest absolute Gasteiger partial charge is 0.306 e. The molecule has 0 unspecified atom stereocenters. The average molecular weight is 503 g/mol. The summed E-state index contributed by atoms with van der Waals surface area (Å²) in [5.41, 5.74) is 9.56. The minimum atomic E-state index is -0.286. The van der Waals surface area contributed by atoms with Gasteiger partial charge in [-0.3, -0.25) is 9.59 Å². The SMILES string of the molecule is CC(CC(=O)OCC1c2ccccc2-c2ccccc21)CC(=O)OCC1c2ccccc2-c2ccccc21. The molecule has 190 valence electrons. The van der Waals surface area contributed by atoms with Crippen molar-refractivity contribution >= 4 is 11.9 Å². The predicted molar refractivity (Wildman–Crippen MR) is 148 cm³/mol. The second kappa shape index (κ2) is 10.3. The third kappa shape index (κ3) is 4.51. The normalized spacial score (nSPS) is 13.5. The minimum absolute atomic E-state index is 0.0313. The third-order valence-corrected chi connectivity index (χ3v) is 7.78. The van der Waals surface area contributed by atoms with E-state index in [9.17, 15) is 9.59 Å². The molecule has 0 saturated heterocycles. The van der Waals surface area contributed by atoms with Gasteiger partial charge in [-0.2, -0.15) is 0 Å². The third-order valence-electron chi connectivity index (χ3n) is 7.78. The van der Waals surface area contributed by atoms with E-state index in [0.717, 1.165) is 0 Å². The Hall–Kier alpha value is -4.18. The highest BCUT2D eigenvalue weighted by Gasteiger charge is 2.30. The Labute approximate surface area is 223 Å². The molecule has 0 heterocycles. The molecule has 0 N–H and O–H groups in total. The van der Waals surface area contributed by atoms with Gasteiger partial charge in [0.05, 0.1) is 0 Å². The maximum atomic E-state index is 12.7. The van der Waals surface area contributed by atoms with Crippen LogP contribution in [0.15, 0.2) is 97.1 Å². The Kier molecular flexibility index (Phi) is 6.55. The van der Waals surface area contributed by atoms with Gasteiger partial charge in [0.15, 0.2) is 0 Å². The summed E-state index contributed by atoms with van der Waals surface area (Å²) >= 11 is 0. The summed E-state index contributed by atoms with van der Waals surface area (Å²) in [6, 6.07) is 33.1. The van der Waals surface area contributed by atoms with Crippen LogP contribution in [0.2, 0.25) is 0 Å². The van der Waals surface area contributed by atoms with Crippen LogP contribution in [-0.2, 0) is 19.1 Å². The molecule has 4 aromatic rings. The van der Waals surface area contributed by atoms with Gasteiger partial charge in [-0.1, -0.05) is 104 Å². The van der Waals surface area contributed by atoms with E-state index >= 15 is 0 Å². The lowest BCUT2D eigenvalue weighted by Gasteiger charge is -2.17. The van der Waals surface area contributed by atoms with Gasteiger partial charge in [-0.15, -0.1) is 0 Å². The van der Waals surface area contributed by atoms with E-state index in [1.165, 1.54) is 44.5 Å². The average Bonchev–Trinajstić information content (AvgIpc) is 3.43. The Balaban J connectivity index is 1.02. The number of ether oxygens (including phenoxy) is 2. The summed E-state index contributed by atoms with van der Waals surface area (Å²) in [5.74, 6) is -0.675. The first kappa shape index (κ1) is 24.2. The summed E-state index contributed by atoms with van der Waals surface area (Å²) in [7, 11) is 0. The maximum Gasteiger partial charge on any atom is 0.306 e. The van der Waals surface area contributed by atoms with Crippen molar-refractivity contribution < 1.29 is 19.1 Å². The monoisotopic (exact) mass is 502 g/mol. The molecule has 6 rings (SSSR count). The van der Waals surface area contributed by atoms with Gasteiger partial charge >= 0.3 is 11.9 Å². The zero-order valence-electron chi connectivity index (χ0n) is 21.4. The van der Waals surface area contributed by atoms with Crippen molar-refractivity contribution in [2.45, 2.75) is 31.6 Å². The van der Waals surface area contributed by atoms with Gasteiger partial charge < -0.3 is 9.47 Å². The fourth-order valence-electron chi connectivity index (χ4n) is 5.99. The zero-order chi connectivity index (χ0) is 26.1. The van der Waals surface area contributed by atoms with E-state index in [1.54, 1.807) is 0 Å². The van der Waals surface area contributed by atoms with E-state index < -0.39 is 0 Å². The lowest BCUT2D eigenvalue weighted by atomic mass is 9.98. The lowest BCUT2D eigenvalue weighted by Crippen LogP contribution is -2.18. The quantitative estimate of drug-likeness (QED) is 0.241. The Bertz CT molecular complexity index is 1300. The van der Waals surface area contributed by atoms with Crippen LogP contribution in [0, 0.1) is 5.92 Å². The standard InChI is InChI=1S/C34H30O4/c1-22(18-33(35)37-20-31-27-14-6-2-10-23(27)24-11-3-7-15-28(24)31)19-34(36)38-21-32-29-16-8-4-12-25(29)26-13-5-9-17-30(26)32/h2-17,22,31-32H,18-21H2,1H3. The second-order valence-corrected chi connectivity index (χ2v) is 10.3. The van der Waals surface area contributed by atoms with Gasteiger partial charge in [0.1, 0.15) is 13.2 Å². The van der Waals surface area contributed by atoms with Crippen LogP contribution in [0.1, 0.15) is 53.9 Å². The van der Waals surface area contributed by atoms with Crippen molar-refractivity contribution in [2.75, 3.05) is 13.2 Å². The predicted octanol–water partition coefficient (Wildman–Crippen LogP) is 7.11. The van der Waals surface area contributed by atoms with Crippen molar-refractivity contribution in [2.24, 2.45) is 5.92 Å². The zero-order valence-corrected chi connectivity index (χ0v) is 21.4. The molecule has 0 bridgehead atoms. The molecule has 0 aromatic heterocycles. The number of fused-ring (bicyclic) bond motifs is 6. The molecular weight excluding hydrogens is 472 g/mol. The molecule has 0 fully saturated rings. The summed E-state index contributed by atoms with van der Waals surface area (Å²) in [4.78, 5) is 25.4. The number of benzene rings is 4. The molecule has 4 heteroatoms. The summed E-state index contributed by atoms with van der Waals surface area (Å²) in [5, 5.41) is 0. The molecule has 0 amide bonds. The van der Waals surface area contributed by atoms with E-state index in [1.807, 2.05) is 55.5 Å². The number of esters is 2. The van der Waals surface area contributed by atoms with Crippen molar-refractivity contribution in [3.63, 3.8) is 0 Å². The first-order valence-electron chi connectivity index (χ1n) is 13.3. The fraction of sp³-hybridized carbons (Fsp3) is 0.235. The van der Waals surface area contributed by atoms with E-state index in [4.69, 9.17) is 9.47 Å². The Morgan fingerprint density at radius 2 is 0.842 bits per heavy atom. The van der Waals surface area contributed by atoms with Crippen molar-refractivity contribution in [1.82, 2.24) is 0 Å². The molecule has 2 aliphatic rings. The van der Waals surface area contributed by atoms with Gasteiger partial charge in [0.2, 0.25) is 0 Å². The number of carbonyl (C=O) groups excluding carboxylic acids is 2. The maximum absolute atomic E-state index is 12.7. The molecule has 4 aromatic carbocycles. The van der Waals surface area contributed by atoms with Crippen LogP contribution in [0.25, 0.3) is 22.3 Å². The molecule has 0 atom stereocenters. The van der Waals surface area contributed by atoms with Crippen molar-refractivity contribution in [3.05, 3.63) is 119 Å². The summed E-state index contributed by atoms with van der Waals surface area (Å²) in [6.45, 7) is 2.48. The van der Waals surface area contributed by atoms with Gasteiger partial charge in [0, 0.05) is 24.7 Å².